The molecule has 1 fully saturated rings. The van der Waals surface area contributed by atoms with Gasteiger partial charge in [-0.2, -0.15) is 5.10 Å². The minimum absolute atomic E-state index is 0.0859. The molecule has 1 amide bonds. The average molecular weight is 233 g/mol. The van der Waals surface area contributed by atoms with Crippen LogP contribution in [0.15, 0.2) is 29.4 Å². The predicted octanol–water partition coefficient (Wildman–Crippen LogP) is 1.37. The Morgan fingerprint density at radius 2 is 2.12 bits per heavy atom. The molecular weight excluding hydrogens is 218 g/mol. The van der Waals surface area contributed by atoms with Gasteiger partial charge in [0, 0.05) is 6.54 Å². The van der Waals surface area contributed by atoms with Crippen molar-refractivity contribution in [2.24, 2.45) is 5.10 Å². The number of hydrogen-bond donors (Lipinski definition) is 2. The summed E-state index contributed by atoms with van der Waals surface area (Å²) >= 11 is 0. The maximum atomic E-state index is 11.4. The van der Waals surface area contributed by atoms with Crippen LogP contribution in [0.5, 0.6) is 5.75 Å². The monoisotopic (exact) mass is 233 g/mol. The van der Waals surface area contributed by atoms with Crippen LogP contribution in [0.25, 0.3) is 0 Å². The lowest BCUT2D eigenvalue weighted by Crippen LogP contribution is -2.37. The first-order chi connectivity index (χ1) is 8.29. The summed E-state index contributed by atoms with van der Waals surface area (Å²) in [6.07, 6.45) is 1.66. The van der Waals surface area contributed by atoms with Crippen LogP contribution >= 0.6 is 0 Å². The van der Waals surface area contributed by atoms with Crippen molar-refractivity contribution >= 4 is 17.3 Å². The van der Waals surface area contributed by atoms with Crippen molar-refractivity contribution < 1.29 is 9.53 Å². The highest BCUT2D eigenvalue weighted by molar-refractivity contribution is 6.39. The summed E-state index contributed by atoms with van der Waals surface area (Å²) in [6, 6.07) is 7.38. The molecular formula is C12H15N3O2. The van der Waals surface area contributed by atoms with E-state index in [1.807, 2.05) is 24.3 Å². The van der Waals surface area contributed by atoms with Crippen molar-refractivity contribution in [2.45, 2.75) is 12.8 Å². The van der Waals surface area contributed by atoms with Gasteiger partial charge in [-0.1, -0.05) is 0 Å². The third-order valence-electron chi connectivity index (χ3n) is 2.55. The van der Waals surface area contributed by atoms with Crippen LogP contribution in [0.3, 0.4) is 0 Å². The second kappa shape index (κ2) is 5.34. The molecule has 0 radical (unpaired) electrons. The fourth-order valence-electron chi connectivity index (χ4n) is 1.58. The van der Waals surface area contributed by atoms with E-state index < -0.39 is 0 Å². The van der Waals surface area contributed by atoms with Crippen molar-refractivity contribution in [1.82, 2.24) is 5.32 Å². The highest BCUT2D eigenvalue weighted by atomic mass is 16.5. The minimum Gasteiger partial charge on any atom is -0.497 e. The van der Waals surface area contributed by atoms with Crippen LogP contribution in [0.4, 0.5) is 5.69 Å². The van der Waals surface area contributed by atoms with Gasteiger partial charge in [0.15, 0.2) is 0 Å². The molecule has 1 aromatic carbocycles. The molecule has 1 aromatic rings. The molecule has 0 aliphatic carbocycles. The molecule has 0 spiro atoms. The SMILES string of the molecule is COc1ccc(N/N=C2/CCCNC2=O)cc1. The summed E-state index contributed by atoms with van der Waals surface area (Å²) in [7, 11) is 1.62. The highest BCUT2D eigenvalue weighted by Crippen LogP contribution is 2.15. The topological polar surface area (TPSA) is 62.7 Å². The Morgan fingerprint density at radius 1 is 1.35 bits per heavy atom. The van der Waals surface area contributed by atoms with Crippen LogP contribution in [-0.2, 0) is 4.79 Å². The van der Waals surface area contributed by atoms with Crippen LogP contribution in [-0.4, -0.2) is 25.3 Å². The number of piperidine rings is 1. The summed E-state index contributed by atoms with van der Waals surface area (Å²) in [5.41, 5.74) is 4.25. The van der Waals surface area contributed by atoms with E-state index in [4.69, 9.17) is 4.74 Å². The molecule has 5 nitrogen and oxygen atoms in total. The Balaban J connectivity index is 2.00. The van der Waals surface area contributed by atoms with E-state index in [0.29, 0.717) is 5.71 Å². The van der Waals surface area contributed by atoms with Crippen LogP contribution in [0.1, 0.15) is 12.8 Å². The number of hydrogen-bond acceptors (Lipinski definition) is 4. The quantitative estimate of drug-likeness (QED) is 0.775. The third-order valence-corrected chi connectivity index (χ3v) is 2.55. The molecule has 0 saturated carbocycles. The molecule has 2 rings (SSSR count). The van der Waals surface area contributed by atoms with Gasteiger partial charge < -0.3 is 10.1 Å². The summed E-state index contributed by atoms with van der Waals surface area (Å²) in [4.78, 5) is 11.4. The van der Waals surface area contributed by atoms with Crippen LogP contribution in [0.2, 0.25) is 0 Å². The molecule has 0 bridgehead atoms. The Labute approximate surface area is 99.9 Å². The number of ether oxygens (including phenoxy) is 1. The number of benzene rings is 1. The molecule has 0 unspecified atom stereocenters. The normalized spacial score (nSPS) is 17.7. The Hall–Kier alpha value is -2.04. The van der Waals surface area contributed by atoms with E-state index in [9.17, 15) is 4.79 Å². The lowest BCUT2D eigenvalue weighted by Gasteiger charge is -2.13. The van der Waals surface area contributed by atoms with E-state index in [-0.39, 0.29) is 5.91 Å². The first-order valence-electron chi connectivity index (χ1n) is 5.54. The van der Waals surface area contributed by atoms with Crippen molar-refractivity contribution in [1.29, 1.82) is 0 Å². The van der Waals surface area contributed by atoms with Crippen molar-refractivity contribution in [3.05, 3.63) is 24.3 Å². The molecule has 2 N–H and O–H groups in total. The molecule has 0 aromatic heterocycles. The van der Waals surface area contributed by atoms with E-state index >= 15 is 0 Å². The van der Waals surface area contributed by atoms with Crippen molar-refractivity contribution in [3.63, 3.8) is 0 Å². The molecule has 1 saturated heterocycles. The summed E-state index contributed by atoms with van der Waals surface area (Å²) in [5.74, 6) is 0.705. The average Bonchev–Trinajstić information content (AvgIpc) is 2.38. The standard InChI is InChI=1S/C12H15N3O2/c1-17-10-6-4-9(5-7-10)14-15-11-3-2-8-13-12(11)16/h4-7,14H,2-3,8H2,1H3,(H,13,16)/b15-11-. The number of hydrazone groups is 1. The zero-order chi connectivity index (χ0) is 12.1. The molecule has 1 aliphatic rings. The maximum absolute atomic E-state index is 11.4. The lowest BCUT2D eigenvalue weighted by molar-refractivity contribution is -0.115. The molecule has 17 heavy (non-hydrogen) atoms. The van der Waals surface area contributed by atoms with Gasteiger partial charge in [0.25, 0.3) is 5.91 Å². The fourth-order valence-corrected chi connectivity index (χ4v) is 1.58. The number of carbonyl (C=O) groups is 1. The Kier molecular flexibility index (Phi) is 3.59. The van der Waals surface area contributed by atoms with Gasteiger partial charge in [-0.3, -0.25) is 10.2 Å². The Morgan fingerprint density at radius 3 is 2.76 bits per heavy atom. The molecule has 1 heterocycles. The number of amides is 1. The maximum Gasteiger partial charge on any atom is 0.267 e. The van der Waals surface area contributed by atoms with E-state index in [1.165, 1.54) is 0 Å². The molecule has 0 atom stereocenters. The van der Waals surface area contributed by atoms with Gasteiger partial charge in [-0.05, 0) is 37.1 Å². The highest BCUT2D eigenvalue weighted by Gasteiger charge is 2.15. The number of anilines is 1. The van der Waals surface area contributed by atoms with E-state index in [2.05, 4.69) is 15.8 Å². The summed E-state index contributed by atoms with van der Waals surface area (Å²) < 4.78 is 5.05. The molecule has 1 aliphatic heterocycles. The lowest BCUT2D eigenvalue weighted by atomic mass is 10.1. The third kappa shape index (κ3) is 2.96. The second-order valence-corrected chi connectivity index (χ2v) is 3.76. The number of nitrogens with zero attached hydrogens (tertiary/aromatic N) is 1. The number of nitrogens with one attached hydrogen (secondary N) is 2. The zero-order valence-corrected chi connectivity index (χ0v) is 9.69. The number of carbonyl (C=O) groups excluding carboxylic acids is 1. The van der Waals surface area contributed by atoms with E-state index in [1.54, 1.807) is 7.11 Å². The minimum atomic E-state index is -0.0859. The predicted molar refractivity (Wildman–Crippen MR) is 66.3 cm³/mol. The number of rotatable bonds is 3. The van der Waals surface area contributed by atoms with Gasteiger partial charge >= 0.3 is 0 Å². The van der Waals surface area contributed by atoms with Crippen molar-refractivity contribution in [2.75, 3.05) is 19.1 Å². The molecule has 5 heteroatoms. The van der Waals surface area contributed by atoms with Gasteiger partial charge in [-0.15, -0.1) is 0 Å². The fraction of sp³-hybridized carbons (Fsp3) is 0.333. The van der Waals surface area contributed by atoms with Gasteiger partial charge in [0.05, 0.1) is 12.8 Å². The largest absolute Gasteiger partial charge is 0.497 e. The smallest absolute Gasteiger partial charge is 0.267 e. The van der Waals surface area contributed by atoms with E-state index in [0.717, 1.165) is 30.8 Å². The van der Waals surface area contributed by atoms with Gasteiger partial charge in [-0.25, -0.2) is 0 Å². The summed E-state index contributed by atoms with van der Waals surface area (Å²) in [5, 5.41) is 6.86. The van der Waals surface area contributed by atoms with Gasteiger partial charge in [0.1, 0.15) is 11.5 Å². The first-order valence-corrected chi connectivity index (χ1v) is 5.54. The first kappa shape index (κ1) is 11.4. The van der Waals surface area contributed by atoms with Crippen molar-refractivity contribution in [3.8, 4) is 5.75 Å². The second-order valence-electron chi connectivity index (χ2n) is 3.76. The Bertz CT molecular complexity index is 426. The van der Waals surface area contributed by atoms with Crippen LogP contribution in [0, 0.1) is 0 Å². The number of methoxy groups -OCH3 is 1. The summed E-state index contributed by atoms with van der Waals surface area (Å²) in [6.45, 7) is 0.736. The molecule has 90 valence electrons. The van der Waals surface area contributed by atoms with Crippen LogP contribution < -0.4 is 15.5 Å². The van der Waals surface area contributed by atoms with Gasteiger partial charge in [0.2, 0.25) is 0 Å². The zero-order valence-electron chi connectivity index (χ0n) is 9.69.